The summed E-state index contributed by atoms with van der Waals surface area (Å²) in [5, 5.41) is 9.94. The number of alkyl halides is 1. The van der Waals surface area contributed by atoms with Crippen molar-refractivity contribution in [1.29, 1.82) is 5.26 Å². The van der Waals surface area contributed by atoms with E-state index in [-0.39, 0.29) is 6.61 Å². The molecule has 0 amide bonds. The molecule has 1 aromatic heterocycles. The van der Waals surface area contributed by atoms with Gasteiger partial charge in [-0.25, -0.2) is 9.97 Å². The number of fused-ring (bicyclic) bond motifs is 3. The van der Waals surface area contributed by atoms with Gasteiger partial charge in [-0.05, 0) is 47.4 Å². The summed E-state index contributed by atoms with van der Waals surface area (Å²) in [5.41, 5.74) is 5.15. The third kappa shape index (κ3) is 4.52. The van der Waals surface area contributed by atoms with Crippen molar-refractivity contribution in [2.24, 2.45) is 0 Å². The van der Waals surface area contributed by atoms with Gasteiger partial charge in [-0.3, -0.25) is 4.72 Å². The van der Waals surface area contributed by atoms with Crippen LogP contribution >= 0.6 is 35.1 Å². The summed E-state index contributed by atoms with van der Waals surface area (Å²) in [6.45, 7) is 0.583. The first-order valence-corrected chi connectivity index (χ1v) is 11.6. The van der Waals surface area contributed by atoms with E-state index >= 15 is 0 Å². The highest BCUT2D eigenvalue weighted by molar-refractivity contribution is 7.99. The van der Waals surface area contributed by atoms with Crippen molar-refractivity contribution >= 4 is 41.1 Å². The third-order valence-electron chi connectivity index (χ3n) is 4.77. The molecule has 1 N–H and O–H groups in total. The van der Waals surface area contributed by atoms with E-state index in [1.54, 1.807) is 6.20 Å². The maximum Gasteiger partial charge on any atom is 0.233 e. The summed E-state index contributed by atoms with van der Waals surface area (Å²) in [5.74, 6) is 1.93. The number of nitrogens with zero attached hydrogens (tertiary/aromatic N) is 3. The quantitative estimate of drug-likeness (QED) is 0.269. The predicted molar refractivity (Wildman–Crippen MR) is 124 cm³/mol. The van der Waals surface area contributed by atoms with Crippen LogP contribution in [0.3, 0.4) is 0 Å². The average Bonchev–Trinajstić information content (AvgIpc) is 3.15. The first-order chi connectivity index (χ1) is 15.1. The van der Waals surface area contributed by atoms with Gasteiger partial charge in [0.25, 0.3) is 0 Å². The number of ether oxygens (including phenoxy) is 2. The molecular formula is C22H18Cl2N4O2S. The van der Waals surface area contributed by atoms with Gasteiger partial charge in [0.2, 0.25) is 5.95 Å². The average molecular weight is 473 g/mol. The molecule has 0 saturated heterocycles. The Balaban J connectivity index is 1.61. The van der Waals surface area contributed by atoms with Crippen LogP contribution in [-0.4, -0.2) is 28.7 Å². The zero-order valence-corrected chi connectivity index (χ0v) is 18.9. The smallest absolute Gasteiger partial charge is 0.233 e. The number of nitrogens with one attached hydrogen (secondary N) is 1. The molecule has 0 bridgehead atoms. The maximum atomic E-state index is 9.51. The Morgan fingerprint density at radius 3 is 2.87 bits per heavy atom. The molecule has 0 fully saturated rings. The van der Waals surface area contributed by atoms with E-state index in [1.165, 1.54) is 11.9 Å². The monoisotopic (exact) mass is 472 g/mol. The van der Waals surface area contributed by atoms with Crippen LogP contribution in [0.15, 0.2) is 36.5 Å². The summed E-state index contributed by atoms with van der Waals surface area (Å²) in [6.07, 6.45) is 4.30. The van der Waals surface area contributed by atoms with E-state index in [4.69, 9.17) is 32.7 Å². The molecular weight excluding hydrogens is 455 g/mol. The van der Waals surface area contributed by atoms with Crippen molar-refractivity contribution in [3.63, 3.8) is 0 Å². The Hall–Kier alpha value is -2.66. The minimum atomic E-state index is 0.275. The van der Waals surface area contributed by atoms with Crippen LogP contribution < -0.4 is 14.2 Å². The summed E-state index contributed by atoms with van der Waals surface area (Å²) in [6, 6.07) is 11.7. The van der Waals surface area contributed by atoms with Crippen LogP contribution in [0.1, 0.15) is 22.4 Å². The molecule has 0 radical (unpaired) electrons. The number of nitriles is 1. The zero-order valence-electron chi connectivity index (χ0n) is 16.6. The molecule has 0 atom stereocenters. The van der Waals surface area contributed by atoms with Crippen LogP contribution in [0, 0.1) is 11.3 Å². The van der Waals surface area contributed by atoms with Crippen molar-refractivity contribution in [1.82, 2.24) is 9.97 Å². The molecule has 4 rings (SSSR count). The fourth-order valence-corrected chi connectivity index (χ4v) is 4.23. The second kappa shape index (κ2) is 9.65. The Morgan fingerprint density at radius 2 is 2.10 bits per heavy atom. The normalized spacial score (nSPS) is 11.4. The second-order valence-electron chi connectivity index (χ2n) is 6.71. The fraction of sp³-hybridized carbons (Fsp3) is 0.227. The number of benzene rings is 2. The zero-order chi connectivity index (χ0) is 21.8. The van der Waals surface area contributed by atoms with Gasteiger partial charge < -0.3 is 9.47 Å². The SMILES string of the molecule is CSNc1nccc(COc2ccc3c(c2)-c2c(cc(C#N)c(OCCCl)c2Cl)C3)n1. The van der Waals surface area contributed by atoms with Gasteiger partial charge in [-0.2, -0.15) is 5.26 Å². The fourth-order valence-electron chi connectivity index (χ4n) is 3.49. The van der Waals surface area contributed by atoms with Gasteiger partial charge in [0, 0.05) is 18.0 Å². The van der Waals surface area contributed by atoms with Crippen molar-refractivity contribution in [2.75, 3.05) is 23.5 Å². The molecule has 0 spiro atoms. The van der Waals surface area contributed by atoms with Crippen molar-refractivity contribution in [3.8, 4) is 28.7 Å². The lowest BCUT2D eigenvalue weighted by molar-refractivity contribution is 0.301. The van der Waals surface area contributed by atoms with Gasteiger partial charge in [0.1, 0.15) is 25.0 Å². The van der Waals surface area contributed by atoms with Crippen LogP contribution in [0.2, 0.25) is 5.02 Å². The molecule has 1 heterocycles. The molecule has 1 aliphatic rings. The number of anilines is 1. The summed E-state index contributed by atoms with van der Waals surface area (Å²) >= 11 is 13.9. The minimum Gasteiger partial charge on any atom is -0.489 e. The number of rotatable bonds is 8. The van der Waals surface area contributed by atoms with E-state index in [0.717, 1.165) is 27.9 Å². The first kappa shape index (κ1) is 21.6. The lowest BCUT2D eigenvalue weighted by atomic mass is 10.0. The lowest BCUT2D eigenvalue weighted by Crippen LogP contribution is -2.02. The highest BCUT2D eigenvalue weighted by Gasteiger charge is 2.26. The Morgan fingerprint density at radius 1 is 1.23 bits per heavy atom. The number of halogens is 2. The molecule has 6 nitrogen and oxygen atoms in total. The molecule has 9 heteroatoms. The molecule has 0 aliphatic heterocycles. The Labute approximate surface area is 194 Å². The highest BCUT2D eigenvalue weighted by atomic mass is 35.5. The highest BCUT2D eigenvalue weighted by Crippen LogP contribution is 2.47. The van der Waals surface area contributed by atoms with Gasteiger partial charge in [-0.1, -0.05) is 29.6 Å². The van der Waals surface area contributed by atoms with E-state index in [2.05, 4.69) is 20.8 Å². The summed E-state index contributed by atoms with van der Waals surface area (Å²) < 4.78 is 14.7. The van der Waals surface area contributed by atoms with Crippen molar-refractivity contribution in [2.45, 2.75) is 13.0 Å². The van der Waals surface area contributed by atoms with Crippen LogP contribution in [0.4, 0.5) is 5.95 Å². The van der Waals surface area contributed by atoms with Gasteiger partial charge in [-0.15, -0.1) is 11.6 Å². The third-order valence-corrected chi connectivity index (χ3v) is 5.67. The number of aromatic nitrogens is 2. The topological polar surface area (TPSA) is 80.1 Å². The predicted octanol–water partition coefficient (Wildman–Crippen LogP) is 5.46. The summed E-state index contributed by atoms with van der Waals surface area (Å²) in [4.78, 5) is 8.57. The van der Waals surface area contributed by atoms with Crippen LogP contribution in [0.25, 0.3) is 11.1 Å². The molecule has 0 saturated carbocycles. The van der Waals surface area contributed by atoms with E-state index in [9.17, 15) is 5.26 Å². The van der Waals surface area contributed by atoms with Gasteiger partial charge >= 0.3 is 0 Å². The minimum absolute atomic E-state index is 0.275. The van der Waals surface area contributed by atoms with Gasteiger partial charge in [0.05, 0.1) is 22.2 Å². The largest absolute Gasteiger partial charge is 0.489 e. The summed E-state index contributed by atoms with van der Waals surface area (Å²) in [7, 11) is 0. The molecule has 3 aromatic rings. The van der Waals surface area contributed by atoms with Crippen LogP contribution in [-0.2, 0) is 13.0 Å². The standard InChI is InChI=1S/C22H18Cl2N4O2S/c1-31-28-22-26-6-4-16(27-22)12-30-17-3-2-13-8-14-9-15(11-25)21(29-7-5-23)20(24)19(14)18(13)10-17/h2-4,6,9-10H,5,7-8,12H2,1H3,(H,26,27,28). The Kier molecular flexibility index (Phi) is 6.71. The molecule has 158 valence electrons. The second-order valence-corrected chi connectivity index (χ2v) is 8.08. The van der Waals surface area contributed by atoms with Gasteiger partial charge in [0.15, 0.2) is 5.75 Å². The molecule has 31 heavy (non-hydrogen) atoms. The molecule has 2 aromatic carbocycles. The lowest BCUT2D eigenvalue weighted by Gasteiger charge is -2.13. The van der Waals surface area contributed by atoms with Crippen molar-refractivity contribution < 1.29 is 9.47 Å². The van der Waals surface area contributed by atoms with E-state index < -0.39 is 0 Å². The number of hydrogen-bond acceptors (Lipinski definition) is 7. The molecule has 1 aliphatic carbocycles. The number of hydrogen-bond donors (Lipinski definition) is 1. The van der Waals surface area contributed by atoms with E-state index in [0.29, 0.717) is 46.9 Å². The van der Waals surface area contributed by atoms with Crippen LogP contribution in [0.5, 0.6) is 11.5 Å². The Bertz CT molecular complexity index is 1170. The van der Waals surface area contributed by atoms with Crippen molar-refractivity contribution in [3.05, 3.63) is 63.9 Å². The molecule has 0 unspecified atom stereocenters. The van der Waals surface area contributed by atoms with E-state index in [1.807, 2.05) is 36.6 Å². The first-order valence-electron chi connectivity index (χ1n) is 9.45. The maximum absolute atomic E-state index is 9.51.